The first kappa shape index (κ1) is 17.3. The van der Waals surface area contributed by atoms with E-state index in [1.807, 2.05) is 12.1 Å². The lowest BCUT2D eigenvalue weighted by Crippen LogP contribution is -2.26. The summed E-state index contributed by atoms with van der Waals surface area (Å²) in [6.07, 6.45) is 5.73. The van der Waals surface area contributed by atoms with Crippen LogP contribution in [0.15, 0.2) is 48.5 Å². The molecule has 1 aliphatic heterocycles. The van der Waals surface area contributed by atoms with Crippen molar-refractivity contribution in [3.05, 3.63) is 64.7 Å². The highest BCUT2D eigenvalue weighted by Crippen LogP contribution is 2.22. The molecule has 0 spiro atoms. The van der Waals surface area contributed by atoms with Gasteiger partial charge in [0, 0.05) is 11.1 Å². The van der Waals surface area contributed by atoms with Crippen molar-refractivity contribution >= 4 is 11.6 Å². The molecule has 0 aliphatic carbocycles. The van der Waals surface area contributed by atoms with E-state index in [1.165, 1.54) is 30.5 Å². The lowest BCUT2D eigenvalue weighted by atomic mass is 10.0. The Morgan fingerprint density at radius 1 is 1.08 bits per heavy atom. The maximum atomic E-state index is 6.11. The van der Waals surface area contributed by atoms with E-state index in [0.717, 1.165) is 36.6 Å². The van der Waals surface area contributed by atoms with Crippen molar-refractivity contribution in [2.45, 2.75) is 38.1 Å². The van der Waals surface area contributed by atoms with Crippen molar-refractivity contribution in [3.8, 4) is 5.75 Å². The van der Waals surface area contributed by atoms with Gasteiger partial charge in [-0.3, -0.25) is 0 Å². The zero-order valence-corrected chi connectivity index (χ0v) is 15.1. The molecule has 0 saturated carbocycles. The topological polar surface area (TPSA) is 12.5 Å². The second kappa shape index (κ2) is 8.55. The van der Waals surface area contributed by atoms with Crippen LogP contribution < -0.4 is 4.74 Å². The molecule has 1 aliphatic rings. The molecule has 1 heterocycles. The number of likely N-dealkylation sites (tertiary alicyclic amines) is 1. The summed E-state index contributed by atoms with van der Waals surface area (Å²) >= 11 is 5.95. The van der Waals surface area contributed by atoms with E-state index in [4.69, 9.17) is 16.3 Å². The zero-order chi connectivity index (χ0) is 16.8. The van der Waals surface area contributed by atoms with Crippen molar-refractivity contribution in [3.63, 3.8) is 0 Å². The lowest BCUT2D eigenvalue weighted by Gasteiger charge is -2.20. The minimum Gasteiger partial charge on any atom is -0.493 e. The summed E-state index contributed by atoms with van der Waals surface area (Å²) in [5.41, 5.74) is 2.59. The van der Waals surface area contributed by atoms with Crippen LogP contribution in [0.4, 0.5) is 0 Å². The van der Waals surface area contributed by atoms with Crippen LogP contribution in [-0.2, 0) is 12.8 Å². The van der Waals surface area contributed by atoms with E-state index in [-0.39, 0.29) is 0 Å². The van der Waals surface area contributed by atoms with Gasteiger partial charge in [0.1, 0.15) is 5.75 Å². The fourth-order valence-corrected chi connectivity index (χ4v) is 3.56. The number of benzene rings is 2. The van der Waals surface area contributed by atoms with Crippen molar-refractivity contribution in [2.24, 2.45) is 0 Å². The first-order chi connectivity index (χ1) is 11.7. The summed E-state index contributed by atoms with van der Waals surface area (Å²) < 4.78 is 6.11. The van der Waals surface area contributed by atoms with Crippen LogP contribution in [-0.4, -0.2) is 31.1 Å². The first-order valence-corrected chi connectivity index (χ1v) is 9.25. The molecule has 0 amide bonds. The van der Waals surface area contributed by atoms with Crippen LogP contribution in [0.2, 0.25) is 5.02 Å². The van der Waals surface area contributed by atoms with E-state index in [2.05, 4.69) is 48.3 Å². The normalized spacial score (nSPS) is 18.0. The second-order valence-electron chi connectivity index (χ2n) is 6.65. The van der Waals surface area contributed by atoms with Crippen LogP contribution in [0.25, 0.3) is 0 Å². The van der Waals surface area contributed by atoms with Crippen LogP contribution in [0.5, 0.6) is 5.75 Å². The predicted molar refractivity (Wildman–Crippen MR) is 101 cm³/mol. The van der Waals surface area contributed by atoms with Gasteiger partial charge >= 0.3 is 0 Å². The Morgan fingerprint density at radius 3 is 2.62 bits per heavy atom. The molecule has 1 unspecified atom stereocenters. The molecule has 0 N–H and O–H groups in total. The Hall–Kier alpha value is -1.51. The molecule has 128 valence electrons. The second-order valence-corrected chi connectivity index (χ2v) is 7.08. The maximum Gasteiger partial charge on any atom is 0.122 e. The third-order valence-electron chi connectivity index (χ3n) is 4.95. The maximum absolute atomic E-state index is 6.11. The highest BCUT2D eigenvalue weighted by atomic mass is 35.5. The molecule has 1 saturated heterocycles. The molecule has 0 bridgehead atoms. The number of nitrogens with zero attached hydrogens (tertiary/aromatic N) is 1. The van der Waals surface area contributed by atoms with Crippen LogP contribution in [0.3, 0.4) is 0 Å². The Balaban J connectivity index is 1.53. The van der Waals surface area contributed by atoms with Crippen LogP contribution in [0.1, 0.15) is 30.4 Å². The number of para-hydroxylation sites is 1. The quantitative estimate of drug-likeness (QED) is 0.702. The third kappa shape index (κ3) is 4.75. The van der Waals surface area contributed by atoms with E-state index < -0.39 is 0 Å². The fraction of sp³-hybridized carbons (Fsp3) is 0.429. The number of aryl methyl sites for hydroxylation is 2. The van der Waals surface area contributed by atoms with Gasteiger partial charge in [0.05, 0.1) is 6.61 Å². The monoisotopic (exact) mass is 343 g/mol. The van der Waals surface area contributed by atoms with Crippen LogP contribution in [0, 0.1) is 0 Å². The summed E-state index contributed by atoms with van der Waals surface area (Å²) in [5.74, 6) is 1.03. The van der Waals surface area contributed by atoms with Crippen molar-refractivity contribution in [2.75, 3.05) is 20.2 Å². The molecule has 1 atom stereocenters. The molecule has 0 radical (unpaired) electrons. The van der Waals surface area contributed by atoms with E-state index in [0.29, 0.717) is 6.04 Å². The van der Waals surface area contributed by atoms with E-state index in [9.17, 15) is 0 Å². The molecular weight excluding hydrogens is 318 g/mol. The van der Waals surface area contributed by atoms with E-state index >= 15 is 0 Å². The highest BCUT2D eigenvalue weighted by molar-refractivity contribution is 6.30. The fourth-order valence-electron chi connectivity index (χ4n) is 3.43. The number of ether oxygens (including phenoxy) is 1. The number of hydrogen-bond donors (Lipinski definition) is 0. The highest BCUT2D eigenvalue weighted by Gasteiger charge is 2.20. The minimum atomic E-state index is 0.686. The first-order valence-electron chi connectivity index (χ1n) is 8.88. The van der Waals surface area contributed by atoms with Crippen molar-refractivity contribution in [1.82, 2.24) is 4.90 Å². The molecule has 0 aromatic heterocycles. The number of rotatable bonds is 7. The number of halogens is 1. The van der Waals surface area contributed by atoms with Gasteiger partial charge in [-0.25, -0.2) is 0 Å². The van der Waals surface area contributed by atoms with E-state index in [1.54, 1.807) is 0 Å². The Kier molecular flexibility index (Phi) is 6.17. The predicted octanol–water partition coefficient (Wildman–Crippen LogP) is 4.99. The Bertz CT molecular complexity index is 641. The molecular formula is C21H26ClNO. The Labute approximate surface area is 150 Å². The van der Waals surface area contributed by atoms with Gasteiger partial charge < -0.3 is 9.64 Å². The number of hydrogen-bond acceptors (Lipinski definition) is 2. The average Bonchev–Trinajstić information content (AvgIpc) is 3.00. The molecule has 2 aromatic carbocycles. The molecule has 1 fully saturated rings. The summed E-state index contributed by atoms with van der Waals surface area (Å²) in [6.45, 7) is 2.02. The lowest BCUT2D eigenvalue weighted by molar-refractivity contribution is 0.232. The van der Waals surface area contributed by atoms with Gasteiger partial charge in [-0.1, -0.05) is 41.9 Å². The van der Waals surface area contributed by atoms with Gasteiger partial charge in [-0.15, -0.1) is 0 Å². The smallest absolute Gasteiger partial charge is 0.122 e. The zero-order valence-electron chi connectivity index (χ0n) is 14.4. The standard InChI is InChI=1S/C21H26ClNO/c1-23-15-4-6-20(23)14-16-24-21-7-3-2-5-18(21)11-8-17-9-12-19(22)13-10-17/h2-3,5,7,9-10,12-13,20H,4,6,8,11,14-16H2,1H3. The van der Waals surface area contributed by atoms with Gasteiger partial charge in [-0.05, 0) is 75.0 Å². The Morgan fingerprint density at radius 2 is 1.88 bits per heavy atom. The van der Waals surface area contributed by atoms with Gasteiger partial charge in [-0.2, -0.15) is 0 Å². The van der Waals surface area contributed by atoms with Gasteiger partial charge in [0.15, 0.2) is 0 Å². The molecule has 3 rings (SSSR count). The summed E-state index contributed by atoms with van der Waals surface area (Å²) in [6, 6.07) is 17.2. The minimum absolute atomic E-state index is 0.686. The molecule has 24 heavy (non-hydrogen) atoms. The largest absolute Gasteiger partial charge is 0.493 e. The average molecular weight is 344 g/mol. The van der Waals surface area contributed by atoms with Gasteiger partial charge in [0.2, 0.25) is 0 Å². The third-order valence-corrected chi connectivity index (χ3v) is 5.20. The summed E-state index contributed by atoms with van der Waals surface area (Å²) in [4.78, 5) is 2.45. The molecule has 2 nitrogen and oxygen atoms in total. The SMILES string of the molecule is CN1CCCC1CCOc1ccccc1CCc1ccc(Cl)cc1. The molecule has 3 heteroatoms. The van der Waals surface area contributed by atoms with Crippen LogP contribution >= 0.6 is 11.6 Å². The summed E-state index contributed by atoms with van der Waals surface area (Å²) in [5, 5.41) is 0.791. The van der Waals surface area contributed by atoms with Crippen molar-refractivity contribution < 1.29 is 4.74 Å². The molecule has 2 aromatic rings. The summed E-state index contributed by atoms with van der Waals surface area (Å²) in [7, 11) is 2.22. The van der Waals surface area contributed by atoms with Gasteiger partial charge in [0.25, 0.3) is 0 Å². The van der Waals surface area contributed by atoms with Crippen molar-refractivity contribution in [1.29, 1.82) is 0 Å².